The Morgan fingerprint density at radius 2 is 2.44 bits per heavy atom. The second kappa shape index (κ2) is 2.87. The molecule has 0 saturated heterocycles. The van der Waals surface area contributed by atoms with Crippen molar-refractivity contribution in [2.75, 3.05) is 7.11 Å². The fourth-order valence-corrected chi connectivity index (χ4v) is 0.842. The molecule has 48 valence electrons. The quantitative estimate of drug-likeness (QED) is 0.660. The highest BCUT2D eigenvalue weighted by molar-refractivity contribution is 9.10. The first-order valence-corrected chi connectivity index (χ1v) is 3.17. The summed E-state index contributed by atoms with van der Waals surface area (Å²) in [4.78, 5) is 0. The lowest BCUT2D eigenvalue weighted by molar-refractivity contribution is 0.412. The smallest absolute Gasteiger partial charge is 0.133 e. The molecule has 1 aromatic carbocycles. The van der Waals surface area contributed by atoms with E-state index in [0.29, 0.717) is 10.2 Å². The molecule has 0 saturated carbocycles. The number of benzene rings is 1. The molecule has 0 aromatic heterocycles. The maximum Gasteiger partial charge on any atom is 0.133 e. The fourth-order valence-electron chi connectivity index (χ4n) is 0.466. The van der Waals surface area contributed by atoms with Crippen LogP contribution in [0.15, 0.2) is 28.7 Å². The minimum Gasteiger partial charge on any atom is -0.496 e. The number of rotatable bonds is 1. The number of methoxy groups -OCH3 is 1. The first-order valence-electron chi connectivity index (χ1n) is 3.88. The maximum absolute atomic E-state index is 7.39. The average Bonchev–Trinajstić information content (AvgIpc) is 2.08. The van der Waals surface area contributed by atoms with Gasteiger partial charge < -0.3 is 4.74 Å². The molecule has 0 unspecified atom stereocenters. The molecule has 9 heavy (non-hydrogen) atoms. The van der Waals surface area contributed by atoms with Crippen LogP contribution >= 0.6 is 15.9 Å². The molecule has 0 N–H and O–H groups in total. The van der Waals surface area contributed by atoms with Crippen molar-refractivity contribution in [3.8, 4) is 5.75 Å². The molecule has 0 radical (unpaired) electrons. The number of ether oxygens (including phenoxy) is 1. The molecule has 0 aliphatic rings. The highest BCUT2D eigenvalue weighted by Crippen LogP contribution is 2.22. The summed E-state index contributed by atoms with van der Waals surface area (Å²) >= 11 is 3.11. The van der Waals surface area contributed by atoms with E-state index in [9.17, 15) is 0 Å². The maximum atomic E-state index is 7.39. The highest BCUT2D eigenvalue weighted by atomic mass is 79.9. The van der Waals surface area contributed by atoms with Crippen LogP contribution in [0.3, 0.4) is 0 Å². The predicted octanol–water partition coefficient (Wildman–Crippen LogP) is 2.46. The van der Waals surface area contributed by atoms with Crippen LogP contribution in [0.4, 0.5) is 0 Å². The molecule has 0 aliphatic heterocycles. The highest BCUT2D eigenvalue weighted by Gasteiger charge is 1.92. The Bertz CT molecular complexity index is 314. The van der Waals surface area contributed by atoms with Crippen LogP contribution in [0.25, 0.3) is 0 Å². The van der Waals surface area contributed by atoms with E-state index in [4.69, 9.17) is 8.85 Å². The third-order valence-corrected chi connectivity index (χ3v) is 1.47. The minimum atomic E-state index is -0.0947. The van der Waals surface area contributed by atoms with Gasteiger partial charge in [0.15, 0.2) is 0 Å². The summed E-state index contributed by atoms with van der Waals surface area (Å²) in [5, 5.41) is 0. The van der Waals surface area contributed by atoms with Crippen LogP contribution in [-0.2, 0) is 0 Å². The third kappa shape index (κ3) is 1.45. The second-order valence-electron chi connectivity index (χ2n) is 1.42. The van der Waals surface area contributed by atoms with Crippen molar-refractivity contribution in [3.05, 3.63) is 28.7 Å². The fraction of sp³-hybridized carbons (Fsp3) is 0.143. The Balaban J connectivity index is 3.39. The van der Waals surface area contributed by atoms with Crippen molar-refractivity contribution < 1.29 is 8.85 Å². The molecular weight excluding hydrogens is 180 g/mol. The minimum absolute atomic E-state index is 0.0000463. The van der Waals surface area contributed by atoms with E-state index in [2.05, 4.69) is 15.9 Å². The van der Waals surface area contributed by atoms with Gasteiger partial charge in [-0.1, -0.05) is 12.1 Å². The van der Waals surface area contributed by atoms with E-state index in [-0.39, 0.29) is 18.1 Å². The van der Waals surface area contributed by atoms with Crippen molar-refractivity contribution in [1.82, 2.24) is 0 Å². The van der Waals surface area contributed by atoms with Crippen LogP contribution < -0.4 is 4.74 Å². The van der Waals surface area contributed by atoms with Gasteiger partial charge in [-0.3, -0.25) is 0 Å². The van der Waals surface area contributed by atoms with Crippen LogP contribution in [0.5, 0.6) is 5.75 Å². The van der Waals surface area contributed by atoms with Gasteiger partial charge in [0, 0.05) is 0 Å². The van der Waals surface area contributed by atoms with E-state index in [0.717, 1.165) is 0 Å². The van der Waals surface area contributed by atoms with Gasteiger partial charge in [-0.05, 0) is 28.0 Å². The molecule has 0 fully saturated rings. The number of hydrogen-bond donors (Lipinski definition) is 0. The van der Waals surface area contributed by atoms with E-state index in [1.165, 1.54) is 13.2 Å². The Kier molecular flexibility index (Phi) is 1.15. The lowest BCUT2D eigenvalue weighted by Gasteiger charge is -1.99. The zero-order valence-corrected chi connectivity index (χ0v) is 6.45. The SMILES string of the molecule is [2H]c1cc(OC)c(Br)c([2H])c1[2H]. The summed E-state index contributed by atoms with van der Waals surface area (Å²) in [5.74, 6) is 0.418. The molecule has 0 bridgehead atoms. The van der Waals surface area contributed by atoms with Crippen molar-refractivity contribution in [2.45, 2.75) is 0 Å². The molecule has 1 aromatic rings. The monoisotopic (exact) mass is 189 g/mol. The molecule has 0 atom stereocenters. The Morgan fingerprint density at radius 1 is 1.67 bits per heavy atom. The van der Waals surface area contributed by atoms with Crippen molar-refractivity contribution in [1.29, 1.82) is 0 Å². The van der Waals surface area contributed by atoms with E-state index < -0.39 is 0 Å². The molecule has 1 nitrogen and oxygen atoms in total. The summed E-state index contributed by atoms with van der Waals surface area (Å²) in [6.07, 6.45) is 0. The van der Waals surface area contributed by atoms with Gasteiger partial charge in [-0.15, -0.1) is 0 Å². The Morgan fingerprint density at radius 3 is 3.11 bits per heavy atom. The third-order valence-electron chi connectivity index (χ3n) is 0.884. The summed E-state index contributed by atoms with van der Waals surface area (Å²) < 4.78 is 27.3. The van der Waals surface area contributed by atoms with Gasteiger partial charge in [0.1, 0.15) is 5.75 Å². The van der Waals surface area contributed by atoms with Crippen molar-refractivity contribution >= 4 is 15.9 Å². The van der Waals surface area contributed by atoms with Gasteiger partial charge in [0.05, 0.1) is 15.7 Å². The summed E-state index contributed by atoms with van der Waals surface area (Å²) in [5.41, 5.74) is 0. The standard InChI is InChI=1S/C7H7BrO/c1-9-7-5-3-2-4-6(7)8/h2-5H,1H3/i2D,3D,4D. The van der Waals surface area contributed by atoms with Gasteiger partial charge in [-0.2, -0.15) is 0 Å². The van der Waals surface area contributed by atoms with Crippen LogP contribution in [0, 0.1) is 0 Å². The van der Waals surface area contributed by atoms with Gasteiger partial charge in [0.2, 0.25) is 0 Å². The van der Waals surface area contributed by atoms with Gasteiger partial charge in [0.25, 0.3) is 0 Å². The van der Waals surface area contributed by atoms with E-state index in [1.807, 2.05) is 0 Å². The zero-order chi connectivity index (χ0) is 9.30. The second-order valence-corrected chi connectivity index (χ2v) is 2.21. The van der Waals surface area contributed by atoms with Crippen LogP contribution in [0.2, 0.25) is 0 Å². The predicted molar refractivity (Wildman–Crippen MR) is 40.7 cm³/mol. The zero-order valence-electron chi connectivity index (χ0n) is 7.86. The number of halogens is 1. The van der Waals surface area contributed by atoms with Crippen molar-refractivity contribution in [2.24, 2.45) is 0 Å². The average molecular weight is 190 g/mol. The molecule has 1 rings (SSSR count). The number of hydrogen-bond acceptors (Lipinski definition) is 1. The Hall–Kier alpha value is -0.500. The molecule has 0 aliphatic carbocycles. The normalized spacial score (nSPS) is 13.8. The summed E-state index contributed by atoms with van der Waals surface area (Å²) in [6.45, 7) is 0. The van der Waals surface area contributed by atoms with Gasteiger partial charge in [-0.25, -0.2) is 0 Å². The lowest BCUT2D eigenvalue weighted by Crippen LogP contribution is -1.81. The summed E-state index contributed by atoms with van der Waals surface area (Å²) in [7, 11) is 1.46. The van der Waals surface area contributed by atoms with Gasteiger partial charge >= 0.3 is 0 Å². The lowest BCUT2D eigenvalue weighted by atomic mass is 10.3. The first-order chi connectivity index (χ1) is 5.57. The molecular formula is C7H7BrO. The first kappa shape index (κ1) is 3.62. The largest absolute Gasteiger partial charge is 0.496 e. The molecule has 0 amide bonds. The van der Waals surface area contributed by atoms with E-state index >= 15 is 0 Å². The van der Waals surface area contributed by atoms with Crippen LogP contribution in [0.1, 0.15) is 4.11 Å². The molecule has 2 heteroatoms. The van der Waals surface area contributed by atoms with Crippen molar-refractivity contribution in [3.63, 3.8) is 0 Å². The van der Waals surface area contributed by atoms with E-state index in [1.54, 1.807) is 0 Å². The topological polar surface area (TPSA) is 9.23 Å². The van der Waals surface area contributed by atoms with Crippen LogP contribution in [-0.4, -0.2) is 7.11 Å². The summed E-state index contributed by atoms with van der Waals surface area (Å²) in [6, 6.07) is 1.30. The molecule has 0 heterocycles. The number of para-hydroxylation sites is 1. The molecule has 0 spiro atoms. The Labute approximate surface area is 67.0 Å².